The molecule has 0 spiro atoms. The van der Waals surface area contributed by atoms with Crippen LogP contribution in [-0.4, -0.2) is 26.3 Å². The van der Waals surface area contributed by atoms with Gasteiger partial charge in [0.2, 0.25) is 0 Å². The summed E-state index contributed by atoms with van der Waals surface area (Å²) < 4.78 is 2.23. The summed E-state index contributed by atoms with van der Waals surface area (Å²) >= 11 is 0. The molecule has 5 heteroatoms. The minimum atomic E-state index is 0.290. The molecule has 0 bridgehead atoms. The molecule has 3 rings (SSSR count). The molecule has 5 nitrogen and oxygen atoms in total. The highest BCUT2D eigenvalue weighted by molar-refractivity contribution is 5.55. The average molecular weight is 257 g/mol. The topological polar surface area (TPSA) is 55.6 Å². The Hall–Kier alpha value is -1.75. The van der Waals surface area contributed by atoms with Gasteiger partial charge in [0.15, 0.2) is 11.6 Å². The van der Waals surface area contributed by atoms with Gasteiger partial charge in [-0.3, -0.25) is 4.98 Å². The molecule has 1 atom stereocenters. The summed E-state index contributed by atoms with van der Waals surface area (Å²) in [6.45, 7) is 8.29. The number of pyridine rings is 1. The normalized spacial score (nSPS) is 18.6. The Bertz CT molecular complexity index is 587. The first kappa shape index (κ1) is 12.3. The third-order valence-corrected chi connectivity index (χ3v) is 3.58. The lowest BCUT2D eigenvalue weighted by Crippen LogP contribution is -2.36. The van der Waals surface area contributed by atoms with Crippen molar-refractivity contribution < 1.29 is 0 Å². The molecule has 0 amide bonds. The van der Waals surface area contributed by atoms with Gasteiger partial charge in [-0.2, -0.15) is 0 Å². The van der Waals surface area contributed by atoms with Crippen LogP contribution >= 0.6 is 0 Å². The Morgan fingerprint density at radius 3 is 2.95 bits per heavy atom. The highest BCUT2D eigenvalue weighted by Gasteiger charge is 2.27. The number of hydrogen-bond acceptors (Lipinski definition) is 4. The Balaban J connectivity index is 2.06. The van der Waals surface area contributed by atoms with Crippen molar-refractivity contribution in [3.8, 4) is 11.4 Å². The number of hydrogen-bond donors (Lipinski definition) is 1. The fourth-order valence-corrected chi connectivity index (χ4v) is 2.62. The third-order valence-electron chi connectivity index (χ3n) is 3.58. The second kappa shape index (κ2) is 4.74. The minimum Gasteiger partial charge on any atom is -0.308 e. The molecule has 2 aromatic heterocycles. The number of aromatic nitrogens is 4. The van der Waals surface area contributed by atoms with Gasteiger partial charge in [-0.1, -0.05) is 13.8 Å². The van der Waals surface area contributed by atoms with Crippen LogP contribution in [0.5, 0.6) is 0 Å². The van der Waals surface area contributed by atoms with Crippen LogP contribution in [0.25, 0.3) is 11.4 Å². The lowest BCUT2D eigenvalue weighted by molar-refractivity contribution is 0.339. The Kier molecular flexibility index (Phi) is 3.06. The van der Waals surface area contributed by atoms with Gasteiger partial charge in [0.1, 0.15) is 0 Å². The summed E-state index contributed by atoms with van der Waals surface area (Å²) in [5.41, 5.74) is 2.10. The zero-order valence-corrected chi connectivity index (χ0v) is 11.6. The van der Waals surface area contributed by atoms with E-state index in [0.29, 0.717) is 5.92 Å². The first-order chi connectivity index (χ1) is 9.16. The molecule has 2 aromatic rings. The molecular formula is C14H19N5. The van der Waals surface area contributed by atoms with Gasteiger partial charge >= 0.3 is 0 Å². The minimum absolute atomic E-state index is 0.290. The van der Waals surface area contributed by atoms with Gasteiger partial charge in [0.05, 0.1) is 6.04 Å². The molecule has 0 fully saturated rings. The van der Waals surface area contributed by atoms with Crippen molar-refractivity contribution in [3.05, 3.63) is 29.8 Å². The molecular weight excluding hydrogens is 238 g/mol. The first-order valence-corrected chi connectivity index (χ1v) is 6.76. The van der Waals surface area contributed by atoms with E-state index in [9.17, 15) is 0 Å². The predicted molar refractivity (Wildman–Crippen MR) is 73.6 cm³/mol. The molecule has 0 radical (unpaired) electrons. The van der Waals surface area contributed by atoms with Crippen molar-refractivity contribution in [1.82, 2.24) is 25.1 Å². The number of aryl methyl sites for hydroxylation is 1. The molecule has 1 unspecified atom stereocenters. The Morgan fingerprint density at radius 2 is 2.21 bits per heavy atom. The van der Waals surface area contributed by atoms with Crippen LogP contribution in [0.1, 0.15) is 31.4 Å². The van der Waals surface area contributed by atoms with E-state index in [2.05, 4.69) is 45.0 Å². The van der Waals surface area contributed by atoms with Crippen LogP contribution in [0, 0.1) is 12.8 Å². The van der Waals surface area contributed by atoms with E-state index in [1.54, 1.807) is 0 Å². The zero-order chi connectivity index (χ0) is 13.4. The van der Waals surface area contributed by atoms with Gasteiger partial charge in [0, 0.05) is 30.5 Å². The van der Waals surface area contributed by atoms with Crippen molar-refractivity contribution >= 4 is 0 Å². The van der Waals surface area contributed by atoms with Crippen LogP contribution in [0.4, 0.5) is 0 Å². The molecule has 3 heterocycles. The Morgan fingerprint density at radius 1 is 1.37 bits per heavy atom. The Labute approximate surface area is 113 Å². The van der Waals surface area contributed by atoms with Gasteiger partial charge < -0.3 is 9.88 Å². The summed E-state index contributed by atoms with van der Waals surface area (Å²) in [7, 11) is 0. The second-order valence-electron chi connectivity index (χ2n) is 5.40. The van der Waals surface area contributed by atoms with Crippen LogP contribution in [-0.2, 0) is 6.54 Å². The van der Waals surface area contributed by atoms with Crippen LogP contribution in [0.3, 0.4) is 0 Å². The quantitative estimate of drug-likeness (QED) is 0.893. The number of rotatable bonds is 2. The van der Waals surface area contributed by atoms with E-state index in [0.717, 1.165) is 36.0 Å². The van der Waals surface area contributed by atoms with E-state index in [-0.39, 0.29) is 6.04 Å². The lowest BCUT2D eigenvalue weighted by Gasteiger charge is -2.27. The highest BCUT2D eigenvalue weighted by atomic mass is 15.3. The molecule has 0 aliphatic carbocycles. The lowest BCUT2D eigenvalue weighted by atomic mass is 10.0. The van der Waals surface area contributed by atoms with Crippen molar-refractivity contribution in [2.24, 2.45) is 5.92 Å². The van der Waals surface area contributed by atoms with E-state index in [1.807, 2.05) is 19.2 Å². The fourth-order valence-electron chi connectivity index (χ4n) is 2.62. The monoisotopic (exact) mass is 257 g/mol. The van der Waals surface area contributed by atoms with E-state index < -0.39 is 0 Å². The molecule has 100 valence electrons. The summed E-state index contributed by atoms with van der Waals surface area (Å²) in [6, 6.07) is 4.35. The molecule has 1 aliphatic heterocycles. The largest absolute Gasteiger partial charge is 0.308 e. The molecule has 0 aromatic carbocycles. The van der Waals surface area contributed by atoms with Crippen molar-refractivity contribution in [1.29, 1.82) is 0 Å². The average Bonchev–Trinajstić information content (AvgIpc) is 2.82. The number of nitrogens with zero attached hydrogens (tertiary/aromatic N) is 4. The van der Waals surface area contributed by atoms with Crippen molar-refractivity contribution in [3.63, 3.8) is 0 Å². The van der Waals surface area contributed by atoms with Crippen molar-refractivity contribution in [2.75, 3.05) is 6.54 Å². The fraction of sp³-hybridized carbons (Fsp3) is 0.500. The van der Waals surface area contributed by atoms with Crippen molar-refractivity contribution in [2.45, 2.75) is 33.4 Å². The molecule has 0 saturated heterocycles. The highest BCUT2D eigenvalue weighted by Crippen LogP contribution is 2.27. The standard InChI is InChI=1S/C14H19N5/c1-9(2)12-14-18-17-13(19(14)7-6-16-12)11-4-5-15-10(3)8-11/h4-5,8-9,12,16H,6-7H2,1-3H3. The first-order valence-electron chi connectivity index (χ1n) is 6.76. The third kappa shape index (κ3) is 2.14. The molecule has 19 heavy (non-hydrogen) atoms. The number of fused-ring (bicyclic) bond motifs is 1. The summed E-state index contributed by atoms with van der Waals surface area (Å²) in [5, 5.41) is 12.3. The molecule has 1 N–H and O–H groups in total. The number of nitrogens with one attached hydrogen (secondary N) is 1. The van der Waals surface area contributed by atoms with Crippen LogP contribution in [0.15, 0.2) is 18.3 Å². The van der Waals surface area contributed by atoms with E-state index in [1.165, 1.54) is 0 Å². The summed E-state index contributed by atoms with van der Waals surface area (Å²) in [5.74, 6) is 2.51. The maximum absolute atomic E-state index is 4.40. The van der Waals surface area contributed by atoms with Crippen LogP contribution < -0.4 is 5.32 Å². The SMILES string of the molecule is Cc1cc(-c2nnc3n2CCNC3C(C)C)ccn1. The van der Waals surface area contributed by atoms with Gasteiger partial charge in [-0.05, 0) is 25.0 Å². The van der Waals surface area contributed by atoms with Gasteiger partial charge in [-0.15, -0.1) is 10.2 Å². The maximum Gasteiger partial charge on any atom is 0.164 e. The maximum atomic E-state index is 4.40. The van der Waals surface area contributed by atoms with E-state index in [4.69, 9.17) is 0 Å². The summed E-state index contributed by atoms with van der Waals surface area (Å²) in [4.78, 5) is 4.24. The van der Waals surface area contributed by atoms with Gasteiger partial charge in [-0.25, -0.2) is 0 Å². The smallest absolute Gasteiger partial charge is 0.164 e. The molecule has 1 aliphatic rings. The van der Waals surface area contributed by atoms with Gasteiger partial charge in [0.25, 0.3) is 0 Å². The van der Waals surface area contributed by atoms with E-state index >= 15 is 0 Å². The molecule has 0 saturated carbocycles. The second-order valence-corrected chi connectivity index (χ2v) is 5.40. The zero-order valence-electron chi connectivity index (χ0n) is 11.6. The van der Waals surface area contributed by atoms with Crippen LogP contribution in [0.2, 0.25) is 0 Å². The summed E-state index contributed by atoms with van der Waals surface area (Å²) in [6.07, 6.45) is 1.83. The predicted octanol–water partition coefficient (Wildman–Crippen LogP) is 1.95.